The minimum absolute atomic E-state index is 0.0433. The number of hydrogen-bond acceptors (Lipinski definition) is 3. The monoisotopic (exact) mass is 287 g/mol. The molecule has 110 valence electrons. The van der Waals surface area contributed by atoms with Crippen molar-refractivity contribution in [3.63, 3.8) is 0 Å². The molecule has 0 saturated carbocycles. The van der Waals surface area contributed by atoms with E-state index < -0.39 is 0 Å². The van der Waals surface area contributed by atoms with Crippen molar-refractivity contribution in [1.29, 1.82) is 0 Å². The van der Waals surface area contributed by atoms with Crippen molar-refractivity contribution in [2.75, 3.05) is 6.54 Å². The van der Waals surface area contributed by atoms with Gasteiger partial charge in [-0.05, 0) is 42.4 Å². The number of nitrogens with one attached hydrogen (secondary N) is 1. The van der Waals surface area contributed by atoms with E-state index in [2.05, 4.69) is 5.32 Å². The highest BCUT2D eigenvalue weighted by molar-refractivity contribution is 5.40. The van der Waals surface area contributed by atoms with Gasteiger partial charge in [0.1, 0.15) is 23.4 Å². The average molecular weight is 287 g/mol. The van der Waals surface area contributed by atoms with Gasteiger partial charge < -0.3 is 15.2 Å². The summed E-state index contributed by atoms with van der Waals surface area (Å²) < 4.78 is 19.5. The molecule has 0 aliphatic carbocycles. The van der Waals surface area contributed by atoms with Crippen LogP contribution in [0.4, 0.5) is 4.39 Å². The van der Waals surface area contributed by atoms with Crippen molar-refractivity contribution < 1.29 is 14.2 Å². The molecule has 2 atom stereocenters. The van der Waals surface area contributed by atoms with Gasteiger partial charge in [0, 0.05) is 18.0 Å². The van der Waals surface area contributed by atoms with E-state index in [1.807, 2.05) is 13.0 Å². The summed E-state index contributed by atoms with van der Waals surface area (Å²) in [5.74, 6) is 0.666. The van der Waals surface area contributed by atoms with Crippen molar-refractivity contribution in [1.82, 2.24) is 5.32 Å². The predicted octanol–water partition coefficient (Wildman–Crippen LogP) is 3.71. The van der Waals surface area contributed by atoms with E-state index in [9.17, 15) is 9.50 Å². The Hall–Kier alpha value is -2.07. The molecule has 2 aromatic rings. The number of phenols is 1. The number of phenolic OH excluding ortho intramolecular Hbond substituents is 1. The van der Waals surface area contributed by atoms with Gasteiger partial charge in [0.2, 0.25) is 0 Å². The molecule has 0 spiro atoms. The van der Waals surface area contributed by atoms with Crippen molar-refractivity contribution in [2.45, 2.75) is 25.5 Å². The standard InChI is InChI=1S/C17H18FNO2/c1-2-19-15-10-17(11-4-3-5-13(20)8-11)21-16-7-6-12(18)9-14(15)16/h3-9,15,17,19-20H,2,10H2,1H3. The van der Waals surface area contributed by atoms with Crippen LogP contribution in [0, 0.1) is 5.82 Å². The van der Waals surface area contributed by atoms with Crippen LogP contribution in [0.1, 0.15) is 36.6 Å². The zero-order valence-corrected chi connectivity index (χ0v) is 11.8. The topological polar surface area (TPSA) is 41.5 Å². The number of rotatable bonds is 3. The largest absolute Gasteiger partial charge is 0.508 e. The molecular weight excluding hydrogens is 269 g/mol. The summed E-state index contributed by atoms with van der Waals surface area (Å²) in [4.78, 5) is 0. The molecule has 4 heteroatoms. The molecule has 1 heterocycles. The molecular formula is C17H18FNO2. The minimum Gasteiger partial charge on any atom is -0.508 e. The van der Waals surface area contributed by atoms with Crippen LogP contribution in [-0.4, -0.2) is 11.7 Å². The summed E-state index contributed by atoms with van der Waals surface area (Å²) in [6, 6.07) is 11.7. The smallest absolute Gasteiger partial charge is 0.126 e. The first-order valence-corrected chi connectivity index (χ1v) is 7.15. The van der Waals surface area contributed by atoms with E-state index in [0.29, 0.717) is 12.2 Å². The minimum atomic E-state index is -0.254. The second-order valence-corrected chi connectivity index (χ2v) is 5.23. The maximum atomic E-state index is 13.5. The maximum absolute atomic E-state index is 13.5. The molecule has 0 aromatic heterocycles. The predicted molar refractivity (Wildman–Crippen MR) is 78.9 cm³/mol. The van der Waals surface area contributed by atoms with Crippen LogP contribution in [0.3, 0.4) is 0 Å². The van der Waals surface area contributed by atoms with Gasteiger partial charge in [-0.15, -0.1) is 0 Å². The van der Waals surface area contributed by atoms with E-state index in [-0.39, 0.29) is 23.7 Å². The van der Waals surface area contributed by atoms with Gasteiger partial charge in [-0.25, -0.2) is 4.39 Å². The first-order chi connectivity index (χ1) is 10.2. The van der Waals surface area contributed by atoms with Crippen LogP contribution in [0.5, 0.6) is 11.5 Å². The van der Waals surface area contributed by atoms with Gasteiger partial charge in [-0.1, -0.05) is 19.1 Å². The SMILES string of the molecule is CCNC1CC(c2cccc(O)c2)Oc2ccc(F)cc21. The Balaban J connectivity index is 1.95. The molecule has 1 aliphatic rings. The Morgan fingerprint density at radius 2 is 2.14 bits per heavy atom. The fourth-order valence-corrected chi connectivity index (χ4v) is 2.81. The summed E-state index contributed by atoms with van der Waals surface area (Å²) in [5, 5.41) is 13.0. The molecule has 3 rings (SSSR count). The quantitative estimate of drug-likeness (QED) is 0.904. The Bertz CT molecular complexity index is 644. The van der Waals surface area contributed by atoms with Gasteiger partial charge >= 0.3 is 0 Å². The van der Waals surface area contributed by atoms with Crippen molar-refractivity contribution in [3.8, 4) is 11.5 Å². The highest BCUT2D eigenvalue weighted by Gasteiger charge is 2.29. The molecule has 2 N–H and O–H groups in total. The Kier molecular flexibility index (Phi) is 3.80. The average Bonchev–Trinajstić information content (AvgIpc) is 2.48. The molecule has 21 heavy (non-hydrogen) atoms. The molecule has 2 unspecified atom stereocenters. The number of fused-ring (bicyclic) bond motifs is 1. The van der Waals surface area contributed by atoms with Crippen molar-refractivity contribution in [3.05, 3.63) is 59.4 Å². The molecule has 0 saturated heterocycles. The normalized spacial score (nSPS) is 20.7. The first-order valence-electron chi connectivity index (χ1n) is 7.15. The lowest BCUT2D eigenvalue weighted by atomic mass is 9.92. The molecule has 1 aliphatic heterocycles. The van der Waals surface area contributed by atoms with Crippen molar-refractivity contribution >= 4 is 0 Å². The van der Waals surface area contributed by atoms with Crippen molar-refractivity contribution in [2.24, 2.45) is 0 Å². The molecule has 0 fully saturated rings. The lowest BCUT2D eigenvalue weighted by Crippen LogP contribution is -2.29. The molecule has 0 amide bonds. The third-order valence-corrected chi connectivity index (χ3v) is 3.76. The fourth-order valence-electron chi connectivity index (χ4n) is 2.81. The van der Waals surface area contributed by atoms with Gasteiger partial charge in [0.15, 0.2) is 0 Å². The molecule has 0 bridgehead atoms. The Morgan fingerprint density at radius 1 is 1.29 bits per heavy atom. The number of ether oxygens (including phenoxy) is 1. The van der Waals surface area contributed by atoms with Gasteiger partial charge in [-0.2, -0.15) is 0 Å². The summed E-state index contributed by atoms with van der Waals surface area (Å²) in [6.45, 7) is 2.82. The lowest BCUT2D eigenvalue weighted by molar-refractivity contribution is 0.151. The third kappa shape index (κ3) is 2.85. The Morgan fingerprint density at radius 3 is 2.90 bits per heavy atom. The van der Waals surface area contributed by atoms with Crippen LogP contribution in [0.25, 0.3) is 0 Å². The fraction of sp³-hybridized carbons (Fsp3) is 0.294. The number of aromatic hydroxyl groups is 1. The van der Waals surface area contributed by atoms with E-state index >= 15 is 0 Å². The van der Waals surface area contributed by atoms with E-state index in [1.165, 1.54) is 12.1 Å². The van der Waals surface area contributed by atoms with Gasteiger partial charge in [0.05, 0.1) is 0 Å². The highest BCUT2D eigenvalue weighted by atomic mass is 19.1. The summed E-state index contributed by atoms with van der Waals surface area (Å²) in [7, 11) is 0. The maximum Gasteiger partial charge on any atom is 0.126 e. The molecule has 3 nitrogen and oxygen atoms in total. The van der Waals surface area contributed by atoms with Gasteiger partial charge in [-0.3, -0.25) is 0 Å². The highest BCUT2D eigenvalue weighted by Crippen LogP contribution is 2.41. The lowest BCUT2D eigenvalue weighted by Gasteiger charge is -2.33. The first kappa shape index (κ1) is 13.9. The Labute approximate surface area is 123 Å². The summed E-state index contributed by atoms with van der Waals surface area (Å²) >= 11 is 0. The second-order valence-electron chi connectivity index (χ2n) is 5.23. The zero-order valence-electron chi connectivity index (χ0n) is 11.8. The van der Waals surface area contributed by atoms with Crippen LogP contribution in [-0.2, 0) is 0 Å². The van der Waals surface area contributed by atoms with Crippen LogP contribution in [0.2, 0.25) is 0 Å². The number of hydrogen-bond donors (Lipinski definition) is 2. The number of halogens is 1. The molecule has 2 aromatic carbocycles. The van der Waals surface area contributed by atoms with E-state index in [4.69, 9.17) is 4.74 Å². The number of benzene rings is 2. The van der Waals surface area contributed by atoms with Gasteiger partial charge in [0.25, 0.3) is 0 Å². The second kappa shape index (κ2) is 5.74. The summed E-state index contributed by atoms with van der Waals surface area (Å²) in [6.07, 6.45) is 0.549. The van der Waals surface area contributed by atoms with Crippen LogP contribution >= 0.6 is 0 Å². The van der Waals surface area contributed by atoms with E-state index in [1.54, 1.807) is 24.3 Å². The zero-order chi connectivity index (χ0) is 14.8. The molecule has 0 radical (unpaired) electrons. The van der Waals surface area contributed by atoms with E-state index in [0.717, 1.165) is 17.7 Å². The summed E-state index contributed by atoms with van der Waals surface area (Å²) in [5.41, 5.74) is 1.78. The van der Waals surface area contributed by atoms with Crippen LogP contribution in [0.15, 0.2) is 42.5 Å². The third-order valence-electron chi connectivity index (χ3n) is 3.76. The van der Waals surface area contributed by atoms with Crippen LogP contribution < -0.4 is 10.1 Å².